The van der Waals surface area contributed by atoms with Crippen LogP contribution >= 0.6 is 0 Å². The zero-order chi connectivity index (χ0) is 20.6. The summed E-state index contributed by atoms with van der Waals surface area (Å²) in [5.74, 6) is -0.545. The summed E-state index contributed by atoms with van der Waals surface area (Å²) in [7, 11) is 0. The quantitative estimate of drug-likeness (QED) is 0.751. The molecular formula is C21H21F3N2O3. The van der Waals surface area contributed by atoms with E-state index in [4.69, 9.17) is 9.84 Å². The average Bonchev–Trinajstić information content (AvgIpc) is 3.47. The highest BCUT2D eigenvalue weighted by Crippen LogP contribution is 2.45. The molecule has 5 nitrogen and oxygen atoms in total. The second kappa shape index (κ2) is 7.67. The molecule has 1 aliphatic carbocycles. The number of aromatic nitrogens is 1. The van der Waals surface area contributed by atoms with Crippen LogP contribution in [0, 0.1) is 5.92 Å². The Bertz CT molecular complexity index is 889. The highest BCUT2D eigenvalue weighted by molar-refractivity contribution is 5.71. The summed E-state index contributed by atoms with van der Waals surface area (Å²) < 4.78 is 45.6. The maximum absolute atomic E-state index is 13.3. The van der Waals surface area contributed by atoms with Crippen LogP contribution in [-0.2, 0) is 24.1 Å². The Morgan fingerprint density at radius 3 is 2.48 bits per heavy atom. The van der Waals surface area contributed by atoms with Crippen LogP contribution in [-0.4, -0.2) is 34.0 Å². The molecule has 8 heteroatoms. The van der Waals surface area contributed by atoms with Crippen molar-refractivity contribution >= 4 is 5.97 Å². The lowest BCUT2D eigenvalue weighted by Gasteiger charge is -2.36. The Labute approximate surface area is 166 Å². The van der Waals surface area contributed by atoms with Gasteiger partial charge in [-0.1, -0.05) is 12.1 Å². The zero-order valence-electron chi connectivity index (χ0n) is 15.7. The van der Waals surface area contributed by atoms with Crippen molar-refractivity contribution in [1.82, 2.24) is 9.88 Å². The van der Waals surface area contributed by atoms with Crippen LogP contribution in [0.4, 0.5) is 13.2 Å². The lowest BCUT2D eigenvalue weighted by Crippen LogP contribution is -2.49. The fraction of sp³-hybridized carbons (Fsp3) is 0.429. The number of carboxylic acids is 1. The van der Waals surface area contributed by atoms with Gasteiger partial charge in [0.2, 0.25) is 0 Å². The molecule has 1 N–H and O–H groups in total. The third-order valence-corrected chi connectivity index (χ3v) is 5.34. The van der Waals surface area contributed by atoms with Gasteiger partial charge >= 0.3 is 12.1 Å². The van der Waals surface area contributed by atoms with Gasteiger partial charge in [0.15, 0.2) is 0 Å². The van der Waals surface area contributed by atoms with E-state index in [-0.39, 0.29) is 29.7 Å². The summed E-state index contributed by atoms with van der Waals surface area (Å²) >= 11 is 0. The average molecular weight is 406 g/mol. The first-order valence-corrected chi connectivity index (χ1v) is 9.52. The molecule has 0 amide bonds. The number of likely N-dealkylation sites (tertiary alicyclic amines) is 1. The molecule has 1 aromatic heterocycles. The first kappa shape index (κ1) is 19.7. The van der Waals surface area contributed by atoms with Gasteiger partial charge in [-0.25, -0.2) is 0 Å². The Balaban J connectivity index is 1.34. The van der Waals surface area contributed by atoms with Crippen molar-refractivity contribution in [3.63, 3.8) is 0 Å². The van der Waals surface area contributed by atoms with Gasteiger partial charge in [-0.05, 0) is 48.1 Å². The minimum Gasteiger partial charge on any atom is -0.487 e. The van der Waals surface area contributed by atoms with Crippen LogP contribution in [0.3, 0.4) is 0 Å². The minimum absolute atomic E-state index is 0.0289. The summed E-state index contributed by atoms with van der Waals surface area (Å²) in [6.07, 6.45) is -1.50. The maximum Gasteiger partial charge on any atom is 0.416 e. The number of halogens is 3. The van der Waals surface area contributed by atoms with Crippen LogP contribution in [0.15, 0.2) is 36.5 Å². The standard InChI is InChI=1S/C21H21F3N2O3/c22-21(23,24)19-7-16(25-8-18(19)14-3-4-14)12-29-17-5-1-13(2-6-17)9-26-10-15(11-26)20(27)28/h1-2,5-8,14-15H,3-4,9-12H2,(H,27,28). The van der Waals surface area contributed by atoms with Crippen molar-refractivity contribution in [2.24, 2.45) is 5.92 Å². The molecule has 0 unspecified atom stereocenters. The molecule has 2 aromatic rings. The molecule has 1 saturated heterocycles. The van der Waals surface area contributed by atoms with E-state index >= 15 is 0 Å². The normalized spacial score (nSPS) is 17.8. The fourth-order valence-electron chi connectivity index (χ4n) is 3.52. The number of nitrogens with zero attached hydrogens (tertiary/aromatic N) is 2. The molecule has 1 aromatic carbocycles. The van der Waals surface area contributed by atoms with Gasteiger partial charge < -0.3 is 9.84 Å². The number of pyridine rings is 1. The van der Waals surface area contributed by atoms with Gasteiger partial charge in [-0.3, -0.25) is 14.7 Å². The van der Waals surface area contributed by atoms with Crippen LogP contribution in [0.25, 0.3) is 0 Å². The summed E-state index contributed by atoms with van der Waals surface area (Å²) in [4.78, 5) is 17.0. The van der Waals surface area contributed by atoms with Gasteiger partial charge in [-0.15, -0.1) is 0 Å². The maximum atomic E-state index is 13.3. The number of hydrogen-bond acceptors (Lipinski definition) is 4. The van der Waals surface area contributed by atoms with E-state index in [1.807, 2.05) is 17.0 Å². The molecule has 1 aliphatic heterocycles. The highest BCUT2D eigenvalue weighted by Gasteiger charge is 2.38. The number of carbonyl (C=O) groups is 1. The van der Waals surface area contributed by atoms with Gasteiger partial charge in [0.05, 0.1) is 17.2 Å². The van der Waals surface area contributed by atoms with Crippen LogP contribution < -0.4 is 4.74 Å². The van der Waals surface area contributed by atoms with Gasteiger partial charge in [0.1, 0.15) is 12.4 Å². The van der Waals surface area contributed by atoms with Crippen LogP contribution in [0.1, 0.15) is 41.1 Å². The van der Waals surface area contributed by atoms with Gasteiger partial charge in [0, 0.05) is 25.8 Å². The van der Waals surface area contributed by atoms with E-state index < -0.39 is 17.7 Å². The lowest BCUT2D eigenvalue weighted by atomic mass is 10.00. The topological polar surface area (TPSA) is 62.7 Å². The number of benzene rings is 1. The van der Waals surface area contributed by atoms with E-state index in [0.717, 1.165) is 24.5 Å². The minimum atomic E-state index is -4.40. The third-order valence-electron chi connectivity index (χ3n) is 5.34. The Morgan fingerprint density at radius 2 is 1.90 bits per heavy atom. The molecule has 0 atom stereocenters. The number of alkyl halides is 3. The van der Waals surface area contributed by atoms with Crippen molar-refractivity contribution in [1.29, 1.82) is 0 Å². The van der Waals surface area contributed by atoms with Crippen LogP contribution in [0.2, 0.25) is 0 Å². The Morgan fingerprint density at radius 1 is 1.21 bits per heavy atom. The third kappa shape index (κ3) is 4.70. The summed E-state index contributed by atoms with van der Waals surface area (Å²) in [5, 5.41) is 8.90. The number of carboxylic acid groups (broad SMARTS) is 1. The van der Waals surface area contributed by atoms with Crippen molar-refractivity contribution in [2.75, 3.05) is 13.1 Å². The second-order valence-corrected chi connectivity index (χ2v) is 7.70. The zero-order valence-corrected chi connectivity index (χ0v) is 15.7. The van der Waals surface area contributed by atoms with Crippen LogP contribution in [0.5, 0.6) is 5.75 Å². The molecule has 2 aliphatic rings. The molecule has 0 bridgehead atoms. The fourth-order valence-corrected chi connectivity index (χ4v) is 3.52. The molecule has 154 valence electrons. The first-order valence-electron chi connectivity index (χ1n) is 9.52. The predicted molar refractivity (Wildman–Crippen MR) is 98.4 cm³/mol. The number of hydrogen-bond donors (Lipinski definition) is 1. The Hall–Kier alpha value is -2.61. The molecule has 2 fully saturated rings. The Kier molecular flexibility index (Phi) is 5.21. The monoisotopic (exact) mass is 406 g/mol. The number of aliphatic carboxylic acids is 1. The molecule has 1 saturated carbocycles. The second-order valence-electron chi connectivity index (χ2n) is 7.70. The van der Waals surface area contributed by atoms with Gasteiger partial charge in [-0.2, -0.15) is 13.2 Å². The molecular weight excluding hydrogens is 385 g/mol. The largest absolute Gasteiger partial charge is 0.487 e. The van der Waals surface area contributed by atoms with Crippen molar-refractivity contribution in [3.05, 3.63) is 58.9 Å². The molecule has 2 heterocycles. The van der Waals surface area contributed by atoms with E-state index in [9.17, 15) is 18.0 Å². The van der Waals surface area contributed by atoms with E-state index in [1.54, 1.807) is 12.1 Å². The number of rotatable bonds is 7. The summed E-state index contributed by atoms with van der Waals surface area (Å²) in [6, 6.07) is 8.34. The smallest absolute Gasteiger partial charge is 0.416 e. The van der Waals surface area contributed by atoms with E-state index in [1.165, 1.54) is 6.20 Å². The number of ether oxygens (including phenoxy) is 1. The van der Waals surface area contributed by atoms with Crippen molar-refractivity contribution < 1.29 is 27.8 Å². The van der Waals surface area contributed by atoms with E-state index in [2.05, 4.69) is 4.98 Å². The van der Waals surface area contributed by atoms with E-state index in [0.29, 0.717) is 25.4 Å². The molecule has 29 heavy (non-hydrogen) atoms. The molecule has 0 spiro atoms. The van der Waals surface area contributed by atoms with Crippen molar-refractivity contribution in [3.8, 4) is 5.75 Å². The highest BCUT2D eigenvalue weighted by atomic mass is 19.4. The lowest BCUT2D eigenvalue weighted by molar-refractivity contribution is -0.147. The van der Waals surface area contributed by atoms with Gasteiger partial charge in [0.25, 0.3) is 0 Å². The summed E-state index contributed by atoms with van der Waals surface area (Å²) in [6.45, 7) is 1.69. The predicted octanol–water partition coefficient (Wildman–Crippen LogP) is 4.07. The molecule has 0 radical (unpaired) electrons. The van der Waals surface area contributed by atoms with Crippen molar-refractivity contribution in [2.45, 2.75) is 38.1 Å². The molecule has 4 rings (SSSR count). The summed E-state index contributed by atoms with van der Waals surface area (Å²) in [5.41, 5.74) is 0.929. The SMILES string of the molecule is O=C(O)C1CN(Cc2ccc(OCc3cc(C(F)(F)F)c(C4CC4)cn3)cc2)C1. The first-order chi connectivity index (χ1) is 13.8.